The summed E-state index contributed by atoms with van der Waals surface area (Å²) in [6, 6.07) is 12.6. The molecule has 2 aliphatic carbocycles. The number of carbonyl (C=O) groups is 1. The molecule has 5 rings (SSSR count). The van der Waals surface area contributed by atoms with Crippen LogP contribution in [0.2, 0.25) is 0 Å². The minimum absolute atomic E-state index is 0.0133. The molecule has 3 fully saturated rings. The largest absolute Gasteiger partial charge is 0.490 e. The van der Waals surface area contributed by atoms with Gasteiger partial charge in [0.25, 0.3) is 5.91 Å². The van der Waals surface area contributed by atoms with Crippen LogP contribution in [0.15, 0.2) is 42.5 Å². The van der Waals surface area contributed by atoms with Gasteiger partial charge in [0.1, 0.15) is 11.9 Å². The Morgan fingerprint density at radius 2 is 1.77 bits per heavy atom. The Hall–Kier alpha value is -2.94. The van der Waals surface area contributed by atoms with Crippen LogP contribution >= 0.6 is 0 Å². The Morgan fingerprint density at radius 1 is 1.05 bits per heavy atom. The maximum Gasteiger partial charge on any atom is 0.251 e. The molecule has 8 heteroatoms. The third-order valence-electron chi connectivity index (χ3n) is 8.67. The van der Waals surface area contributed by atoms with Gasteiger partial charge in [-0.25, -0.2) is 0 Å². The van der Waals surface area contributed by atoms with E-state index in [9.17, 15) is 9.90 Å². The van der Waals surface area contributed by atoms with Gasteiger partial charge in [0.2, 0.25) is 0 Å². The number of nitrogens with one attached hydrogen (secondary N) is 2. The predicted octanol–water partition coefficient (Wildman–Crippen LogP) is 4.13. The van der Waals surface area contributed by atoms with E-state index < -0.39 is 0 Å². The molecule has 0 aromatic heterocycles. The van der Waals surface area contributed by atoms with E-state index in [0.717, 1.165) is 64.2 Å². The molecule has 2 saturated carbocycles. The SMILES string of the molecule is N=C(c1ccc(OC2CCCC(O)C2)cc1)c1cc(C(=O)NCC2(N3CCOCC3)CCCCC2)ccc1N. The predicted molar refractivity (Wildman–Crippen MR) is 153 cm³/mol. The zero-order chi connectivity index (χ0) is 27.2. The molecule has 5 N–H and O–H groups in total. The van der Waals surface area contributed by atoms with Crippen molar-refractivity contribution in [3.8, 4) is 5.75 Å². The van der Waals surface area contributed by atoms with Crippen LogP contribution in [0.25, 0.3) is 0 Å². The summed E-state index contributed by atoms with van der Waals surface area (Å²) in [6.45, 7) is 3.92. The summed E-state index contributed by atoms with van der Waals surface area (Å²) < 4.78 is 11.6. The number of amides is 1. The van der Waals surface area contributed by atoms with E-state index in [4.69, 9.17) is 20.6 Å². The zero-order valence-corrected chi connectivity index (χ0v) is 22.8. The van der Waals surface area contributed by atoms with Crippen LogP contribution in [0.3, 0.4) is 0 Å². The van der Waals surface area contributed by atoms with Crippen molar-refractivity contribution in [2.45, 2.75) is 75.5 Å². The molecule has 3 aliphatic rings. The Bertz CT molecular complexity index is 1140. The fourth-order valence-electron chi connectivity index (χ4n) is 6.39. The fraction of sp³-hybridized carbons (Fsp3) is 0.548. The maximum absolute atomic E-state index is 13.3. The molecule has 1 aliphatic heterocycles. The van der Waals surface area contributed by atoms with Crippen LogP contribution in [0, 0.1) is 5.41 Å². The Morgan fingerprint density at radius 3 is 2.49 bits per heavy atom. The lowest BCUT2D eigenvalue weighted by Crippen LogP contribution is -2.59. The highest BCUT2D eigenvalue weighted by molar-refractivity contribution is 6.14. The number of hydrogen-bond acceptors (Lipinski definition) is 7. The Balaban J connectivity index is 1.25. The molecule has 2 aromatic carbocycles. The number of ether oxygens (including phenoxy) is 2. The summed E-state index contributed by atoms with van der Waals surface area (Å²) in [6.07, 6.45) is 8.90. The molecule has 1 amide bonds. The number of rotatable bonds is 8. The van der Waals surface area contributed by atoms with Gasteiger partial charge >= 0.3 is 0 Å². The molecule has 8 nitrogen and oxygen atoms in total. The van der Waals surface area contributed by atoms with E-state index in [-0.39, 0.29) is 29.4 Å². The summed E-state index contributed by atoms with van der Waals surface area (Å²) in [7, 11) is 0. The summed E-state index contributed by atoms with van der Waals surface area (Å²) in [4.78, 5) is 15.8. The van der Waals surface area contributed by atoms with Gasteiger partial charge in [-0.3, -0.25) is 15.1 Å². The third kappa shape index (κ3) is 6.62. The number of morpholine rings is 1. The third-order valence-corrected chi connectivity index (χ3v) is 8.67. The van der Waals surface area contributed by atoms with Crippen molar-refractivity contribution in [3.05, 3.63) is 59.2 Å². The molecule has 210 valence electrons. The Labute approximate surface area is 231 Å². The average Bonchev–Trinajstić information content (AvgIpc) is 2.97. The van der Waals surface area contributed by atoms with E-state index in [2.05, 4.69) is 10.2 Å². The van der Waals surface area contributed by atoms with Gasteiger partial charge in [-0.2, -0.15) is 0 Å². The Kier molecular flexibility index (Phi) is 8.85. The first kappa shape index (κ1) is 27.6. The topological polar surface area (TPSA) is 121 Å². The van der Waals surface area contributed by atoms with Crippen molar-refractivity contribution in [2.24, 2.45) is 0 Å². The number of aliphatic hydroxyl groups is 1. The van der Waals surface area contributed by atoms with Crippen LogP contribution in [-0.4, -0.2) is 72.2 Å². The molecule has 1 heterocycles. The van der Waals surface area contributed by atoms with Gasteiger partial charge in [-0.15, -0.1) is 0 Å². The quantitative estimate of drug-likeness (QED) is 0.299. The molecule has 2 atom stereocenters. The van der Waals surface area contributed by atoms with Crippen LogP contribution in [-0.2, 0) is 4.74 Å². The molecule has 1 saturated heterocycles. The highest BCUT2D eigenvalue weighted by Crippen LogP contribution is 2.34. The first-order valence-corrected chi connectivity index (χ1v) is 14.5. The standard InChI is InChI=1S/C31H42N4O4/c32-28-12-9-23(30(37)34-21-31(13-2-1-3-14-31)35-15-17-38-18-16-35)19-27(28)29(33)22-7-10-25(11-8-22)39-26-6-4-5-24(36)20-26/h7-12,19,24,26,33,36H,1-6,13-18,20-21,32H2,(H,34,37). The van der Waals surface area contributed by atoms with Crippen LogP contribution < -0.4 is 15.8 Å². The van der Waals surface area contributed by atoms with E-state index in [0.29, 0.717) is 35.3 Å². The van der Waals surface area contributed by atoms with Crippen molar-refractivity contribution in [1.82, 2.24) is 10.2 Å². The molecule has 39 heavy (non-hydrogen) atoms. The van der Waals surface area contributed by atoms with Crippen molar-refractivity contribution >= 4 is 17.3 Å². The first-order valence-electron chi connectivity index (χ1n) is 14.5. The van der Waals surface area contributed by atoms with Gasteiger partial charge in [-0.05, 0) is 74.6 Å². The number of aliphatic hydroxyl groups excluding tert-OH is 1. The van der Waals surface area contributed by atoms with Crippen molar-refractivity contribution in [3.63, 3.8) is 0 Å². The van der Waals surface area contributed by atoms with Crippen LogP contribution in [0.5, 0.6) is 5.75 Å². The normalized spacial score (nSPS) is 23.6. The maximum atomic E-state index is 13.3. The van der Waals surface area contributed by atoms with Gasteiger partial charge in [0.15, 0.2) is 0 Å². The first-order chi connectivity index (χ1) is 18.9. The monoisotopic (exact) mass is 534 g/mol. The second kappa shape index (κ2) is 12.5. The van der Waals surface area contributed by atoms with Gasteiger partial charge in [0, 0.05) is 54.0 Å². The lowest BCUT2D eigenvalue weighted by atomic mass is 9.79. The molecule has 0 radical (unpaired) electrons. The summed E-state index contributed by atoms with van der Waals surface area (Å²) in [5.41, 5.74) is 8.72. The number of anilines is 1. The van der Waals surface area contributed by atoms with Gasteiger partial charge in [0.05, 0.1) is 25.0 Å². The number of nitrogens with zero attached hydrogens (tertiary/aromatic N) is 1. The fourth-order valence-corrected chi connectivity index (χ4v) is 6.39. The lowest BCUT2D eigenvalue weighted by molar-refractivity contribution is -0.0361. The zero-order valence-electron chi connectivity index (χ0n) is 22.8. The number of hydrogen-bond donors (Lipinski definition) is 4. The van der Waals surface area contributed by atoms with E-state index >= 15 is 0 Å². The summed E-state index contributed by atoms with van der Waals surface area (Å²) in [5, 5.41) is 21.9. The molecular formula is C31H42N4O4. The van der Waals surface area contributed by atoms with Crippen molar-refractivity contribution in [1.29, 1.82) is 5.41 Å². The van der Waals surface area contributed by atoms with Crippen LogP contribution in [0.4, 0.5) is 5.69 Å². The van der Waals surface area contributed by atoms with E-state index in [1.54, 1.807) is 18.2 Å². The van der Waals surface area contributed by atoms with Crippen molar-refractivity contribution < 1.29 is 19.4 Å². The number of nitrogen functional groups attached to an aromatic ring is 1. The van der Waals surface area contributed by atoms with E-state index in [1.807, 2.05) is 24.3 Å². The minimum Gasteiger partial charge on any atom is -0.490 e. The second-order valence-corrected chi connectivity index (χ2v) is 11.3. The average molecular weight is 535 g/mol. The summed E-state index contributed by atoms with van der Waals surface area (Å²) >= 11 is 0. The van der Waals surface area contributed by atoms with E-state index in [1.165, 1.54) is 19.3 Å². The smallest absolute Gasteiger partial charge is 0.251 e. The van der Waals surface area contributed by atoms with Crippen molar-refractivity contribution in [2.75, 3.05) is 38.6 Å². The number of nitrogens with two attached hydrogens (primary N) is 1. The van der Waals surface area contributed by atoms with Crippen LogP contribution in [0.1, 0.15) is 79.3 Å². The van der Waals surface area contributed by atoms with Gasteiger partial charge < -0.3 is 25.6 Å². The molecule has 0 bridgehead atoms. The highest BCUT2D eigenvalue weighted by atomic mass is 16.5. The number of benzene rings is 2. The second-order valence-electron chi connectivity index (χ2n) is 11.3. The molecule has 2 unspecified atom stereocenters. The molecule has 0 spiro atoms. The lowest BCUT2D eigenvalue weighted by Gasteiger charge is -2.48. The summed E-state index contributed by atoms with van der Waals surface area (Å²) in [5.74, 6) is 0.587. The molecular weight excluding hydrogens is 492 g/mol. The van der Waals surface area contributed by atoms with Gasteiger partial charge in [-0.1, -0.05) is 19.3 Å². The highest BCUT2D eigenvalue weighted by Gasteiger charge is 2.39. The minimum atomic E-state index is -0.295. The molecule has 2 aromatic rings. The number of carbonyl (C=O) groups excluding carboxylic acids is 1.